The lowest BCUT2D eigenvalue weighted by atomic mass is 10.0. The molecule has 0 aromatic heterocycles. The summed E-state index contributed by atoms with van der Waals surface area (Å²) >= 11 is 0. The first kappa shape index (κ1) is 8.05. The molecule has 1 aliphatic rings. The zero-order valence-electron chi connectivity index (χ0n) is 6.76. The van der Waals surface area contributed by atoms with Gasteiger partial charge in [0.1, 0.15) is 0 Å². The van der Waals surface area contributed by atoms with Gasteiger partial charge < -0.3 is 5.32 Å². The van der Waals surface area contributed by atoms with E-state index in [1.807, 2.05) is 0 Å². The predicted molar refractivity (Wildman–Crippen MR) is 44.9 cm³/mol. The van der Waals surface area contributed by atoms with Gasteiger partial charge in [-0.15, -0.1) is 0 Å². The number of amides is 1. The van der Waals surface area contributed by atoms with Crippen LogP contribution in [0.15, 0.2) is 23.4 Å². The van der Waals surface area contributed by atoms with Gasteiger partial charge in [0.2, 0.25) is 6.41 Å². The van der Waals surface area contributed by atoms with Gasteiger partial charge in [-0.05, 0) is 24.8 Å². The highest BCUT2D eigenvalue weighted by molar-refractivity contribution is 5.54. The molecule has 0 spiro atoms. The summed E-state index contributed by atoms with van der Waals surface area (Å²) in [4.78, 5) is 10.2. The Bertz CT molecular complexity index is 204. The van der Waals surface area contributed by atoms with Crippen LogP contribution in [0, 0.1) is 0 Å². The van der Waals surface area contributed by atoms with E-state index in [4.69, 9.17) is 0 Å². The van der Waals surface area contributed by atoms with Gasteiger partial charge in [-0.3, -0.25) is 4.79 Å². The normalized spacial score (nSPS) is 16.8. The Balaban J connectivity index is 2.66. The van der Waals surface area contributed by atoms with Crippen LogP contribution < -0.4 is 5.32 Å². The van der Waals surface area contributed by atoms with Crippen LogP contribution in [0.1, 0.15) is 26.2 Å². The highest BCUT2D eigenvalue weighted by atomic mass is 16.1. The molecule has 60 valence electrons. The van der Waals surface area contributed by atoms with E-state index >= 15 is 0 Å². The highest BCUT2D eigenvalue weighted by Gasteiger charge is 2.04. The first-order chi connectivity index (χ1) is 5.38. The molecule has 2 nitrogen and oxygen atoms in total. The topological polar surface area (TPSA) is 29.1 Å². The predicted octanol–water partition coefficient (Wildman–Crippen LogP) is 1.75. The zero-order valence-corrected chi connectivity index (χ0v) is 6.76. The average molecular weight is 151 g/mol. The van der Waals surface area contributed by atoms with Crippen molar-refractivity contribution in [2.24, 2.45) is 0 Å². The van der Waals surface area contributed by atoms with Crippen molar-refractivity contribution in [1.82, 2.24) is 5.32 Å². The number of allylic oxidation sites excluding steroid dienone is 3. The Labute approximate surface area is 67.0 Å². The second-order valence-electron chi connectivity index (χ2n) is 2.54. The number of carbonyl (C=O) groups is 1. The maximum Gasteiger partial charge on any atom is 0.211 e. The molecule has 0 saturated heterocycles. The molecule has 0 aliphatic heterocycles. The average Bonchev–Trinajstić information content (AvgIpc) is 2.06. The van der Waals surface area contributed by atoms with E-state index < -0.39 is 0 Å². The molecule has 1 N–H and O–H groups in total. The lowest BCUT2D eigenvalue weighted by Gasteiger charge is -2.12. The molecule has 0 atom stereocenters. The van der Waals surface area contributed by atoms with Gasteiger partial charge in [-0.2, -0.15) is 0 Å². The maximum atomic E-state index is 10.2. The number of carbonyl (C=O) groups excluding carboxylic acids is 1. The molecular formula is C9H13NO. The molecule has 0 aromatic carbocycles. The molecule has 1 amide bonds. The molecule has 0 heterocycles. The van der Waals surface area contributed by atoms with E-state index in [2.05, 4.69) is 24.4 Å². The Morgan fingerprint density at radius 2 is 2.27 bits per heavy atom. The smallest absolute Gasteiger partial charge is 0.211 e. The largest absolute Gasteiger partial charge is 0.329 e. The summed E-state index contributed by atoms with van der Waals surface area (Å²) in [6, 6.07) is 0. The lowest BCUT2D eigenvalue weighted by Crippen LogP contribution is -2.13. The Morgan fingerprint density at radius 1 is 1.55 bits per heavy atom. The quantitative estimate of drug-likeness (QED) is 0.612. The van der Waals surface area contributed by atoms with E-state index in [0.29, 0.717) is 0 Å². The SMILES string of the molecule is CCC1=CCCC=C1NC=O. The van der Waals surface area contributed by atoms with Gasteiger partial charge in [0.25, 0.3) is 0 Å². The molecule has 1 aliphatic carbocycles. The fourth-order valence-corrected chi connectivity index (χ4v) is 1.28. The minimum Gasteiger partial charge on any atom is -0.329 e. The molecule has 0 aromatic rings. The van der Waals surface area contributed by atoms with Crippen molar-refractivity contribution in [3.05, 3.63) is 23.4 Å². The van der Waals surface area contributed by atoms with Gasteiger partial charge in [-0.1, -0.05) is 19.1 Å². The van der Waals surface area contributed by atoms with Crippen LogP contribution in [-0.2, 0) is 4.79 Å². The molecule has 11 heavy (non-hydrogen) atoms. The lowest BCUT2D eigenvalue weighted by molar-refractivity contribution is -0.108. The molecule has 0 bridgehead atoms. The van der Waals surface area contributed by atoms with Crippen LogP contribution >= 0.6 is 0 Å². The van der Waals surface area contributed by atoms with Crippen LogP contribution in [0.5, 0.6) is 0 Å². The van der Waals surface area contributed by atoms with Crippen LogP contribution in [-0.4, -0.2) is 6.41 Å². The van der Waals surface area contributed by atoms with Crippen molar-refractivity contribution in [3.63, 3.8) is 0 Å². The highest BCUT2D eigenvalue weighted by Crippen LogP contribution is 2.18. The van der Waals surface area contributed by atoms with E-state index in [1.165, 1.54) is 5.57 Å². The van der Waals surface area contributed by atoms with E-state index in [1.54, 1.807) is 0 Å². The van der Waals surface area contributed by atoms with E-state index in [9.17, 15) is 4.79 Å². The van der Waals surface area contributed by atoms with E-state index in [-0.39, 0.29) is 0 Å². The third-order valence-corrected chi connectivity index (χ3v) is 1.85. The molecule has 0 fully saturated rings. The summed E-state index contributed by atoms with van der Waals surface area (Å²) in [6.07, 6.45) is 8.14. The maximum absolute atomic E-state index is 10.2. The molecule has 0 unspecified atom stereocenters. The Morgan fingerprint density at radius 3 is 2.91 bits per heavy atom. The van der Waals surface area contributed by atoms with Crippen molar-refractivity contribution in [3.8, 4) is 0 Å². The summed E-state index contributed by atoms with van der Waals surface area (Å²) in [7, 11) is 0. The van der Waals surface area contributed by atoms with Gasteiger partial charge in [0.15, 0.2) is 0 Å². The standard InChI is InChI=1S/C9H13NO/c1-2-8-5-3-4-6-9(8)10-7-11/h5-7H,2-4H2,1H3,(H,10,11). The molecule has 1 rings (SSSR count). The van der Waals surface area contributed by atoms with Crippen molar-refractivity contribution in [2.45, 2.75) is 26.2 Å². The zero-order chi connectivity index (χ0) is 8.10. The third-order valence-electron chi connectivity index (χ3n) is 1.85. The van der Waals surface area contributed by atoms with Crippen LogP contribution in [0.4, 0.5) is 0 Å². The summed E-state index contributed by atoms with van der Waals surface area (Å²) in [6.45, 7) is 2.09. The summed E-state index contributed by atoms with van der Waals surface area (Å²) in [5.41, 5.74) is 2.25. The van der Waals surface area contributed by atoms with Crippen molar-refractivity contribution in [2.75, 3.05) is 0 Å². The monoisotopic (exact) mass is 151 g/mol. The number of hydrogen-bond donors (Lipinski definition) is 1. The van der Waals surface area contributed by atoms with Crippen LogP contribution in [0.2, 0.25) is 0 Å². The minimum absolute atomic E-state index is 0.737. The minimum atomic E-state index is 0.737. The number of rotatable bonds is 3. The van der Waals surface area contributed by atoms with Crippen molar-refractivity contribution in [1.29, 1.82) is 0 Å². The molecule has 0 saturated carbocycles. The van der Waals surface area contributed by atoms with Crippen molar-refractivity contribution >= 4 is 6.41 Å². The Kier molecular flexibility index (Phi) is 2.90. The number of nitrogens with one attached hydrogen (secondary N) is 1. The molecule has 2 heteroatoms. The van der Waals surface area contributed by atoms with Gasteiger partial charge >= 0.3 is 0 Å². The van der Waals surface area contributed by atoms with E-state index in [0.717, 1.165) is 31.4 Å². The van der Waals surface area contributed by atoms with Crippen LogP contribution in [0.25, 0.3) is 0 Å². The Hall–Kier alpha value is -1.05. The second-order valence-corrected chi connectivity index (χ2v) is 2.54. The molecule has 0 radical (unpaired) electrons. The summed E-state index contributed by atoms with van der Waals surface area (Å²) in [5, 5.41) is 2.70. The van der Waals surface area contributed by atoms with Gasteiger partial charge in [-0.25, -0.2) is 0 Å². The van der Waals surface area contributed by atoms with Crippen LogP contribution in [0.3, 0.4) is 0 Å². The summed E-state index contributed by atoms with van der Waals surface area (Å²) < 4.78 is 0. The number of hydrogen-bond acceptors (Lipinski definition) is 1. The fourth-order valence-electron chi connectivity index (χ4n) is 1.28. The first-order valence-corrected chi connectivity index (χ1v) is 3.98. The molecular weight excluding hydrogens is 138 g/mol. The first-order valence-electron chi connectivity index (χ1n) is 3.98. The second kappa shape index (κ2) is 3.96. The van der Waals surface area contributed by atoms with Gasteiger partial charge in [0.05, 0.1) is 0 Å². The van der Waals surface area contributed by atoms with Gasteiger partial charge in [0, 0.05) is 5.70 Å². The third kappa shape index (κ3) is 1.93. The summed E-state index contributed by atoms with van der Waals surface area (Å²) in [5.74, 6) is 0. The fraction of sp³-hybridized carbons (Fsp3) is 0.444. The van der Waals surface area contributed by atoms with Crippen molar-refractivity contribution < 1.29 is 4.79 Å².